The molecule has 0 saturated carbocycles. The lowest BCUT2D eigenvalue weighted by atomic mass is 10.0. The summed E-state index contributed by atoms with van der Waals surface area (Å²) in [7, 11) is 0. The maximum Gasteiger partial charge on any atom is 0.303 e. The van der Waals surface area contributed by atoms with E-state index in [4.69, 9.17) is 5.11 Å². The lowest BCUT2D eigenvalue weighted by molar-refractivity contribution is -0.136. The van der Waals surface area contributed by atoms with Crippen LogP contribution in [0.1, 0.15) is 29.3 Å². The van der Waals surface area contributed by atoms with Crippen LogP contribution in [0.4, 0.5) is 0 Å². The molecule has 3 nitrogen and oxygen atoms in total. The molecule has 0 unspecified atom stereocenters. The Morgan fingerprint density at radius 3 is 2.38 bits per heavy atom. The molecule has 1 N–H and O–H groups in total. The zero-order valence-electron chi connectivity index (χ0n) is 9.14. The van der Waals surface area contributed by atoms with Crippen LogP contribution in [0.25, 0.3) is 0 Å². The van der Waals surface area contributed by atoms with Crippen molar-refractivity contribution in [1.82, 2.24) is 0 Å². The molecule has 0 fully saturated rings. The number of hydrogen-bond acceptors (Lipinski definition) is 2. The normalized spacial score (nSPS) is 10.6. The van der Waals surface area contributed by atoms with Gasteiger partial charge in [-0.25, -0.2) is 0 Å². The molecule has 1 aromatic rings. The van der Waals surface area contributed by atoms with Crippen LogP contribution in [0.5, 0.6) is 0 Å². The van der Waals surface area contributed by atoms with Gasteiger partial charge in [0.2, 0.25) is 0 Å². The van der Waals surface area contributed by atoms with Crippen LogP contribution in [0.3, 0.4) is 0 Å². The number of aryl methyl sites for hydroxylation is 1. The molecule has 0 aliphatic heterocycles. The Morgan fingerprint density at radius 2 is 1.88 bits per heavy atom. The number of carboxylic acids is 1. The zero-order valence-corrected chi connectivity index (χ0v) is 9.14. The van der Waals surface area contributed by atoms with Crippen molar-refractivity contribution in [1.29, 1.82) is 0 Å². The number of carbonyl (C=O) groups excluding carboxylic acids is 1. The average molecular weight is 218 g/mol. The number of rotatable bonds is 5. The number of allylic oxidation sites excluding steroid dienone is 2. The third-order valence-corrected chi connectivity index (χ3v) is 2.18. The number of aliphatic carboxylic acids is 1. The molecule has 0 bridgehead atoms. The quantitative estimate of drug-likeness (QED) is 0.610. The Kier molecular flexibility index (Phi) is 4.45. The van der Waals surface area contributed by atoms with E-state index in [1.165, 1.54) is 6.08 Å². The highest BCUT2D eigenvalue weighted by Crippen LogP contribution is 2.08. The van der Waals surface area contributed by atoms with E-state index in [1.807, 2.05) is 0 Å². The van der Waals surface area contributed by atoms with Crippen molar-refractivity contribution in [2.45, 2.75) is 19.8 Å². The van der Waals surface area contributed by atoms with E-state index in [0.29, 0.717) is 12.0 Å². The fourth-order valence-corrected chi connectivity index (χ4v) is 1.33. The van der Waals surface area contributed by atoms with E-state index in [0.717, 1.165) is 5.56 Å². The maximum atomic E-state index is 11.4. The number of hydrogen-bond donors (Lipinski definition) is 1. The molecule has 16 heavy (non-hydrogen) atoms. The smallest absolute Gasteiger partial charge is 0.303 e. The van der Waals surface area contributed by atoms with Crippen molar-refractivity contribution in [3.63, 3.8) is 0 Å². The fourth-order valence-electron chi connectivity index (χ4n) is 1.33. The Hall–Kier alpha value is -1.90. The van der Waals surface area contributed by atoms with Gasteiger partial charge in [0, 0.05) is 12.0 Å². The molecular formula is C13H14O3. The molecule has 84 valence electrons. The number of ketones is 1. The van der Waals surface area contributed by atoms with Crippen LogP contribution in [0, 0.1) is 0 Å². The Labute approximate surface area is 94.4 Å². The minimum Gasteiger partial charge on any atom is -0.481 e. The number of benzene rings is 1. The summed E-state index contributed by atoms with van der Waals surface area (Å²) >= 11 is 0. The van der Waals surface area contributed by atoms with Gasteiger partial charge in [0.1, 0.15) is 0 Å². The first kappa shape index (κ1) is 12.2. The molecule has 0 radical (unpaired) electrons. The van der Waals surface area contributed by atoms with E-state index >= 15 is 0 Å². The van der Waals surface area contributed by atoms with Gasteiger partial charge in [-0.2, -0.15) is 0 Å². The van der Waals surface area contributed by atoms with Gasteiger partial charge in [-0.15, -0.1) is 0 Å². The molecule has 1 aromatic carbocycles. The minimum absolute atomic E-state index is 0.0349. The summed E-state index contributed by atoms with van der Waals surface area (Å²) in [5.74, 6) is -0.846. The van der Waals surface area contributed by atoms with Crippen LogP contribution in [-0.4, -0.2) is 16.9 Å². The van der Waals surface area contributed by atoms with Gasteiger partial charge in [-0.05, 0) is 25.0 Å². The predicted molar refractivity (Wildman–Crippen MR) is 61.5 cm³/mol. The highest BCUT2D eigenvalue weighted by atomic mass is 16.4. The molecule has 0 aromatic heterocycles. The summed E-state index contributed by atoms with van der Waals surface area (Å²) in [6.07, 6.45) is 3.81. The Balaban J connectivity index is 2.67. The highest BCUT2D eigenvalue weighted by Gasteiger charge is 2.02. The van der Waals surface area contributed by atoms with Crippen molar-refractivity contribution < 1.29 is 14.7 Å². The first-order valence-corrected chi connectivity index (χ1v) is 5.11. The summed E-state index contributed by atoms with van der Waals surface area (Å²) in [6, 6.07) is 7.03. The van der Waals surface area contributed by atoms with Crippen LogP contribution in [-0.2, 0) is 11.2 Å². The second-order valence-corrected chi connectivity index (χ2v) is 3.45. The fraction of sp³-hybridized carbons (Fsp3) is 0.231. The summed E-state index contributed by atoms with van der Waals surface area (Å²) in [4.78, 5) is 21.8. The van der Waals surface area contributed by atoms with Gasteiger partial charge < -0.3 is 5.11 Å². The van der Waals surface area contributed by atoms with E-state index in [2.05, 4.69) is 0 Å². The van der Waals surface area contributed by atoms with E-state index in [-0.39, 0.29) is 12.2 Å². The van der Waals surface area contributed by atoms with Gasteiger partial charge in [0.25, 0.3) is 0 Å². The predicted octanol–water partition coefficient (Wildman–Crippen LogP) is 2.46. The SMILES string of the molecule is C/C=C\C(=O)c1ccc(CCC(=O)O)cc1. The lowest BCUT2D eigenvalue weighted by Crippen LogP contribution is -1.98. The van der Waals surface area contributed by atoms with Crippen LogP contribution >= 0.6 is 0 Å². The third-order valence-electron chi connectivity index (χ3n) is 2.18. The first-order chi connectivity index (χ1) is 7.63. The van der Waals surface area contributed by atoms with Crippen molar-refractivity contribution in [3.05, 3.63) is 47.5 Å². The van der Waals surface area contributed by atoms with Crippen molar-refractivity contribution in [3.8, 4) is 0 Å². The zero-order chi connectivity index (χ0) is 12.0. The van der Waals surface area contributed by atoms with Crippen LogP contribution in [0.2, 0.25) is 0 Å². The minimum atomic E-state index is -0.811. The summed E-state index contributed by atoms with van der Waals surface area (Å²) in [6.45, 7) is 1.79. The Morgan fingerprint density at radius 1 is 1.25 bits per heavy atom. The van der Waals surface area contributed by atoms with E-state index < -0.39 is 5.97 Å². The molecule has 0 aliphatic carbocycles. The summed E-state index contributed by atoms with van der Waals surface area (Å²) in [5.41, 5.74) is 1.55. The third kappa shape index (κ3) is 3.69. The van der Waals surface area contributed by atoms with Gasteiger partial charge in [0.05, 0.1) is 0 Å². The monoisotopic (exact) mass is 218 g/mol. The van der Waals surface area contributed by atoms with Gasteiger partial charge >= 0.3 is 5.97 Å². The molecule has 0 aliphatic rings. The van der Waals surface area contributed by atoms with Gasteiger partial charge in [-0.3, -0.25) is 9.59 Å². The lowest BCUT2D eigenvalue weighted by Gasteiger charge is -2.00. The van der Waals surface area contributed by atoms with Gasteiger partial charge in [0.15, 0.2) is 5.78 Å². The Bertz CT molecular complexity index is 402. The molecule has 0 atom stereocenters. The van der Waals surface area contributed by atoms with Crippen LogP contribution in [0.15, 0.2) is 36.4 Å². The average Bonchev–Trinajstić information content (AvgIpc) is 2.27. The van der Waals surface area contributed by atoms with Gasteiger partial charge in [-0.1, -0.05) is 30.3 Å². The van der Waals surface area contributed by atoms with Crippen molar-refractivity contribution >= 4 is 11.8 Å². The van der Waals surface area contributed by atoms with Crippen molar-refractivity contribution in [2.75, 3.05) is 0 Å². The molecule has 0 amide bonds. The second-order valence-electron chi connectivity index (χ2n) is 3.45. The number of carboxylic acid groups (broad SMARTS) is 1. The van der Waals surface area contributed by atoms with E-state index in [1.54, 1.807) is 37.3 Å². The molecule has 3 heteroatoms. The molecule has 0 spiro atoms. The second kappa shape index (κ2) is 5.85. The number of carbonyl (C=O) groups is 2. The molecule has 0 heterocycles. The van der Waals surface area contributed by atoms with E-state index in [9.17, 15) is 9.59 Å². The van der Waals surface area contributed by atoms with Crippen molar-refractivity contribution in [2.24, 2.45) is 0 Å². The summed E-state index contributed by atoms with van der Waals surface area (Å²) < 4.78 is 0. The first-order valence-electron chi connectivity index (χ1n) is 5.11. The molecule has 0 saturated heterocycles. The largest absolute Gasteiger partial charge is 0.481 e. The summed E-state index contributed by atoms with van der Waals surface area (Å²) in [5, 5.41) is 8.52. The topological polar surface area (TPSA) is 54.4 Å². The standard InChI is InChI=1S/C13H14O3/c1-2-3-12(14)11-7-4-10(5-8-11)6-9-13(15)16/h2-5,7-8H,6,9H2,1H3,(H,15,16)/b3-2-. The highest BCUT2D eigenvalue weighted by molar-refractivity contribution is 6.04. The maximum absolute atomic E-state index is 11.4. The molecular weight excluding hydrogens is 204 g/mol. The molecule has 1 rings (SSSR count). The van der Waals surface area contributed by atoms with Crippen LogP contribution < -0.4 is 0 Å².